The fraction of sp³-hybridized carbons (Fsp3) is 0.353. The van der Waals surface area contributed by atoms with Gasteiger partial charge >= 0.3 is 5.97 Å². The summed E-state index contributed by atoms with van der Waals surface area (Å²) in [4.78, 5) is 11.8. The van der Waals surface area contributed by atoms with Crippen molar-refractivity contribution in [3.8, 4) is 11.4 Å². The Morgan fingerprint density at radius 2 is 2.09 bits per heavy atom. The molecule has 0 aliphatic carbocycles. The molecule has 0 amide bonds. The van der Waals surface area contributed by atoms with E-state index < -0.39 is 0 Å². The number of fused-ring (bicyclic) bond motifs is 4. The van der Waals surface area contributed by atoms with E-state index in [1.165, 1.54) is 12.8 Å². The van der Waals surface area contributed by atoms with Gasteiger partial charge < -0.3 is 19.4 Å². The van der Waals surface area contributed by atoms with Crippen LogP contribution in [0.2, 0.25) is 0 Å². The summed E-state index contributed by atoms with van der Waals surface area (Å²) in [7, 11) is 1.39. The first kappa shape index (κ1) is 15.9. The monoisotopic (exact) mass is 334 g/mol. The minimum Gasteiger partial charge on any atom is -0.479 e. The largest absolute Gasteiger partial charge is 0.479 e. The molecule has 1 aromatic carbocycles. The summed E-state index contributed by atoms with van der Waals surface area (Å²) in [6.07, 6.45) is 3.89. The SMILES string of the molecule is COC(=O)c1ccc2c(c1)OC1(CCNCC1)c1cccn1-2.Cl. The second-order valence-corrected chi connectivity index (χ2v) is 5.78. The lowest BCUT2D eigenvalue weighted by molar-refractivity contribution is 0.0200. The van der Waals surface area contributed by atoms with Gasteiger partial charge in [0.2, 0.25) is 0 Å². The topological polar surface area (TPSA) is 52.5 Å². The van der Waals surface area contributed by atoms with Crippen molar-refractivity contribution in [2.45, 2.75) is 18.4 Å². The molecule has 2 aliphatic rings. The van der Waals surface area contributed by atoms with Gasteiger partial charge in [-0.05, 0) is 43.4 Å². The number of rotatable bonds is 1. The highest BCUT2D eigenvalue weighted by Crippen LogP contribution is 2.44. The molecule has 6 heteroatoms. The molecule has 1 spiro atoms. The second kappa shape index (κ2) is 5.91. The molecule has 1 fully saturated rings. The van der Waals surface area contributed by atoms with Crippen LogP contribution in [0.1, 0.15) is 28.9 Å². The van der Waals surface area contributed by atoms with Crippen molar-refractivity contribution in [2.24, 2.45) is 0 Å². The molecule has 1 saturated heterocycles. The summed E-state index contributed by atoms with van der Waals surface area (Å²) in [5.41, 5.74) is 2.36. The van der Waals surface area contributed by atoms with Crippen LogP contribution in [0.5, 0.6) is 5.75 Å². The summed E-state index contributed by atoms with van der Waals surface area (Å²) >= 11 is 0. The van der Waals surface area contributed by atoms with Gasteiger partial charge in [0.25, 0.3) is 0 Å². The van der Waals surface area contributed by atoms with Crippen LogP contribution in [0, 0.1) is 0 Å². The Kier molecular flexibility index (Phi) is 4.08. The lowest BCUT2D eigenvalue weighted by Gasteiger charge is -2.42. The zero-order valence-corrected chi connectivity index (χ0v) is 13.7. The third-order valence-electron chi connectivity index (χ3n) is 4.57. The van der Waals surface area contributed by atoms with Crippen molar-refractivity contribution in [2.75, 3.05) is 20.2 Å². The number of carbonyl (C=O) groups is 1. The fourth-order valence-corrected chi connectivity index (χ4v) is 3.45. The van der Waals surface area contributed by atoms with E-state index in [1.54, 1.807) is 12.1 Å². The van der Waals surface area contributed by atoms with E-state index >= 15 is 0 Å². The molecule has 0 unspecified atom stereocenters. The molecular weight excluding hydrogens is 316 g/mol. The molecule has 3 heterocycles. The number of carbonyl (C=O) groups excluding carboxylic acids is 1. The van der Waals surface area contributed by atoms with Gasteiger partial charge in [0.15, 0.2) is 5.60 Å². The van der Waals surface area contributed by atoms with Crippen LogP contribution in [0.3, 0.4) is 0 Å². The van der Waals surface area contributed by atoms with Crippen LogP contribution in [0.15, 0.2) is 36.5 Å². The molecule has 122 valence electrons. The summed E-state index contributed by atoms with van der Waals surface area (Å²) in [5, 5.41) is 3.38. The standard InChI is InChI=1S/C17H18N2O3.ClH/c1-21-16(20)12-4-5-13-14(11-12)22-17(6-8-18-9-7-17)15-3-2-10-19(13)15;/h2-5,10-11,18H,6-9H2,1H3;1H. The van der Waals surface area contributed by atoms with Crippen molar-refractivity contribution in [1.82, 2.24) is 9.88 Å². The highest BCUT2D eigenvalue weighted by atomic mass is 35.5. The smallest absolute Gasteiger partial charge is 0.337 e. The third-order valence-corrected chi connectivity index (χ3v) is 4.57. The predicted molar refractivity (Wildman–Crippen MR) is 88.8 cm³/mol. The Morgan fingerprint density at radius 1 is 1.30 bits per heavy atom. The number of esters is 1. The van der Waals surface area contributed by atoms with Gasteiger partial charge in [-0.1, -0.05) is 0 Å². The molecule has 1 aromatic heterocycles. The normalized spacial score (nSPS) is 17.4. The Bertz CT molecular complexity index is 735. The summed E-state index contributed by atoms with van der Waals surface area (Å²) in [5.74, 6) is 0.401. The van der Waals surface area contributed by atoms with Crippen molar-refractivity contribution < 1.29 is 14.3 Å². The van der Waals surface area contributed by atoms with Gasteiger partial charge in [0.1, 0.15) is 5.75 Å². The number of benzene rings is 1. The Hall–Kier alpha value is -1.98. The van der Waals surface area contributed by atoms with Crippen molar-refractivity contribution in [1.29, 1.82) is 0 Å². The van der Waals surface area contributed by atoms with Gasteiger partial charge in [-0.15, -0.1) is 12.4 Å². The number of hydrogen-bond acceptors (Lipinski definition) is 4. The van der Waals surface area contributed by atoms with Crippen LogP contribution >= 0.6 is 12.4 Å². The molecule has 5 nitrogen and oxygen atoms in total. The number of ether oxygens (including phenoxy) is 2. The summed E-state index contributed by atoms with van der Waals surface area (Å²) in [6, 6.07) is 9.65. The van der Waals surface area contributed by atoms with Gasteiger partial charge in [-0.2, -0.15) is 0 Å². The molecule has 0 atom stereocenters. The van der Waals surface area contributed by atoms with Crippen LogP contribution in [0.4, 0.5) is 0 Å². The Morgan fingerprint density at radius 3 is 2.83 bits per heavy atom. The van der Waals surface area contributed by atoms with Gasteiger partial charge in [0, 0.05) is 19.0 Å². The number of nitrogens with zero attached hydrogens (tertiary/aromatic N) is 1. The molecule has 23 heavy (non-hydrogen) atoms. The van der Waals surface area contributed by atoms with E-state index in [0.717, 1.165) is 37.4 Å². The minimum atomic E-state index is -0.343. The molecule has 0 radical (unpaired) electrons. The van der Waals surface area contributed by atoms with E-state index in [0.29, 0.717) is 5.56 Å². The van der Waals surface area contributed by atoms with E-state index in [2.05, 4.69) is 22.1 Å². The summed E-state index contributed by atoms with van der Waals surface area (Å²) in [6.45, 7) is 1.86. The molecule has 0 bridgehead atoms. The number of piperidine rings is 1. The molecule has 4 rings (SSSR count). The summed E-state index contributed by atoms with van der Waals surface area (Å²) < 4.78 is 13.4. The highest BCUT2D eigenvalue weighted by molar-refractivity contribution is 5.90. The van der Waals surface area contributed by atoms with E-state index in [-0.39, 0.29) is 24.0 Å². The zero-order valence-electron chi connectivity index (χ0n) is 12.9. The number of nitrogens with one attached hydrogen (secondary N) is 1. The molecule has 2 aliphatic heterocycles. The average Bonchev–Trinajstić information content (AvgIpc) is 3.05. The minimum absolute atomic E-state index is 0. The van der Waals surface area contributed by atoms with Crippen LogP contribution in [-0.2, 0) is 10.3 Å². The maximum absolute atomic E-state index is 11.8. The van der Waals surface area contributed by atoms with Crippen molar-refractivity contribution in [3.63, 3.8) is 0 Å². The molecule has 0 saturated carbocycles. The zero-order chi connectivity index (χ0) is 15.2. The number of hydrogen-bond donors (Lipinski definition) is 1. The predicted octanol–water partition coefficient (Wildman–Crippen LogP) is 2.66. The Labute approximate surface area is 141 Å². The number of aromatic nitrogens is 1. The average molecular weight is 335 g/mol. The van der Waals surface area contributed by atoms with Gasteiger partial charge in [0.05, 0.1) is 24.1 Å². The van der Waals surface area contributed by atoms with Crippen LogP contribution < -0.4 is 10.1 Å². The highest BCUT2D eigenvalue weighted by Gasteiger charge is 2.42. The third kappa shape index (κ3) is 2.40. The molecule has 2 aromatic rings. The van der Waals surface area contributed by atoms with Crippen molar-refractivity contribution >= 4 is 18.4 Å². The maximum Gasteiger partial charge on any atom is 0.337 e. The molecule has 1 N–H and O–H groups in total. The molecular formula is C17H19ClN2O3. The first-order valence-corrected chi connectivity index (χ1v) is 7.54. The Balaban J connectivity index is 0.00000156. The van der Waals surface area contributed by atoms with Crippen molar-refractivity contribution in [3.05, 3.63) is 47.8 Å². The van der Waals surface area contributed by atoms with Gasteiger partial charge in [-0.3, -0.25) is 0 Å². The van der Waals surface area contributed by atoms with E-state index in [9.17, 15) is 4.79 Å². The van der Waals surface area contributed by atoms with Crippen LogP contribution in [0.25, 0.3) is 5.69 Å². The maximum atomic E-state index is 11.8. The lowest BCUT2D eigenvalue weighted by atomic mass is 9.87. The van der Waals surface area contributed by atoms with E-state index in [1.807, 2.05) is 12.1 Å². The number of methoxy groups -OCH3 is 1. The first-order valence-electron chi connectivity index (χ1n) is 7.54. The lowest BCUT2D eigenvalue weighted by Crippen LogP contribution is -2.46. The van der Waals surface area contributed by atoms with Gasteiger partial charge in [-0.25, -0.2) is 4.79 Å². The number of halogens is 1. The quantitative estimate of drug-likeness (QED) is 0.815. The van der Waals surface area contributed by atoms with E-state index in [4.69, 9.17) is 9.47 Å². The van der Waals surface area contributed by atoms with Crippen LogP contribution in [-0.4, -0.2) is 30.7 Å². The second-order valence-electron chi connectivity index (χ2n) is 5.78. The first-order chi connectivity index (χ1) is 10.7. The fourth-order valence-electron chi connectivity index (χ4n) is 3.45.